The Morgan fingerprint density at radius 3 is 2.48 bits per heavy atom. The van der Waals surface area contributed by atoms with Crippen molar-refractivity contribution in [1.29, 1.82) is 0 Å². The molecule has 2 heterocycles. The van der Waals surface area contributed by atoms with Gasteiger partial charge in [-0.2, -0.15) is 0 Å². The molecule has 5 rings (SSSR count). The van der Waals surface area contributed by atoms with Crippen molar-refractivity contribution in [2.24, 2.45) is 11.1 Å². The summed E-state index contributed by atoms with van der Waals surface area (Å²) >= 11 is 12.4. The largest absolute Gasteiger partial charge is 0.495 e. The highest BCUT2D eigenvalue weighted by Crippen LogP contribution is 2.57. The van der Waals surface area contributed by atoms with E-state index in [9.17, 15) is 9.59 Å². The summed E-state index contributed by atoms with van der Waals surface area (Å²) in [6, 6.07) is 11.0. The Morgan fingerprint density at radius 2 is 1.81 bits per heavy atom. The molecule has 222 valence electrons. The number of anilines is 2. The second kappa shape index (κ2) is 11.0. The number of benzene rings is 3. The average Bonchev–Trinajstić information content (AvgIpc) is 3.46. The molecular formula is C31H32Cl2F2N4O3. The summed E-state index contributed by atoms with van der Waals surface area (Å²) in [7, 11) is 1.41. The van der Waals surface area contributed by atoms with Crippen molar-refractivity contribution in [3.63, 3.8) is 0 Å². The number of hydrogen-bond acceptors (Lipinski definition) is 5. The van der Waals surface area contributed by atoms with Crippen molar-refractivity contribution < 1.29 is 23.1 Å². The van der Waals surface area contributed by atoms with E-state index in [2.05, 4.69) is 36.7 Å². The van der Waals surface area contributed by atoms with Crippen LogP contribution in [0, 0.1) is 17.0 Å². The average molecular weight is 618 g/mol. The Labute approximate surface area is 253 Å². The van der Waals surface area contributed by atoms with Crippen molar-refractivity contribution in [2.45, 2.75) is 50.6 Å². The van der Waals surface area contributed by atoms with Crippen molar-refractivity contribution >= 4 is 46.4 Å². The summed E-state index contributed by atoms with van der Waals surface area (Å²) in [6.07, 6.45) is 0.581. The Kier molecular flexibility index (Phi) is 7.89. The van der Waals surface area contributed by atoms with Gasteiger partial charge in [0.15, 0.2) is 5.82 Å². The number of nitrogens with two attached hydrogens (primary N) is 1. The van der Waals surface area contributed by atoms with Gasteiger partial charge in [0.1, 0.15) is 11.6 Å². The molecule has 42 heavy (non-hydrogen) atoms. The topological polar surface area (TPSA) is 105 Å². The molecule has 3 aromatic rings. The summed E-state index contributed by atoms with van der Waals surface area (Å²) in [5, 5.41) is 9.46. The zero-order valence-corrected chi connectivity index (χ0v) is 25.1. The number of nitrogens with one attached hydrogen (secondary N) is 3. The van der Waals surface area contributed by atoms with Gasteiger partial charge in [-0.25, -0.2) is 8.78 Å². The van der Waals surface area contributed by atoms with Gasteiger partial charge >= 0.3 is 0 Å². The SMILES string of the molecule is COc1cc(C(N)=O)ccc1NC(=O)[C@@H]1N[C@@H](CC(C)(C)C)[C@@]2(CNc3c2ccc(Cl)c3F)[C@H]1c1cccc(Cl)c1F. The fraction of sp³-hybridized carbons (Fsp3) is 0.355. The second-order valence-corrected chi connectivity index (χ2v) is 12.8. The van der Waals surface area contributed by atoms with Crippen LogP contribution in [-0.2, 0) is 10.2 Å². The van der Waals surface area contributed by atoms with Crippen LogP contribution in [0.4, 0.5) is 20.2 Å². The molecule has 1 spiro atoms. The number of carbonyl (C=O) groups is 2. The molecule has 2 aliphatic rings. The molecule has 0 unspecified atom stereocenters. The third kappa shape index (κ3) is 5.08. The van der Waals surface area contributed by atoms with E-state index in [1.54, 1.807) is 18.2 Å². The van der Waals surface area contributed by atoms with Crippen LogP contribution in [0.15, 0.2) is 48.5 Å². The van der Waals surface area contributed by atoms with Crippen LogP contribution in [0.3, 0.4) is 0 Å². The summed E-state index contributed by atoms with van der Waals surface area (Å²) in [5.74, 6) is -2.94. The van der Waals surface area contributed by atoms with Gasteiger partial charge in [0, 0.05) is 29.5 Å². The first-order valence-corrected chi connectivity index (χ1v) is 14.2. The van der Waals surface area contributed by atoms with Crippen molar-refractivity contribution in [3.8, 4) is 5.75 Å². The first-order valence-electron chi connectivity index (χ1n) is 13.5. The zero-order chi connectivity index (χ0) is 30.6. The van der Waals surface area contributed by atoms with E-state index < -0.39 is 40.8 Å². The lowest BCUT2D eigenvalue weighted by atomic mass is 9.63. The number of fused-ring (bicyclic) bond motifs is 2. The molecule has 11 heteroatoms. The van der Waals surface area contributed by atoms with Crippen LogP contribution < -0.4 is 26.4 Å². The molecule has 3 aromatic carbocycles. The van der Waals surface area contributed by atoms with Crippen LogP contribution in [0.1, 0.15) is 54.6 Å². The lowest BCUT2D eigenvalue weighted by Crippen LogP contribution is -2.46. The quantitative estimate of drug-likeness (QED) is 0.262. The number of halogens is 4. The van der Waals surface area contributed by atoms with Gasteiger partial charge in [-0.05, 0) is 53.3 Å². The molecule has 0 bridgehead atoms. The Hall–Kier alpha value is -3.40. The minimum absolute atomic E-state index is 0.0390. The maximum Gasteiger partial charge on any atom is 0.248 e. The van der Waals surface area contributed by atoms with Gasteiger partial charge in [-0.1, -0.05) is 62.2 Å². The van der Waals surface area contributed by atoms with Gasteiger partial charge in [-0.15, -0.1) is 0 Å². The first-order chi connectivity index (χ1) is 19.8. The van der Waals surface area contributed by atoms with Gasteiger partial charge < -0.3 is 26.4 Å². The molecule has 1 fully saturated rings. The molecule has 0 radical (unpaired) electrons. The Bertz CT molecular complexity index is 1580. The number of hydrogen-bond donors (Lipinski definition) is 4. The predicted octanol–water partition coefficient (Wildman–Crippen LogP) is 6.24. The lowest BCUT2D eigenvalue weighted by Gasteiger charge is -2.39. The number of amides is 2. The normalized spacial score (nSPS) is 23.0. The fourth-order valence-corrected chi connectivity index (χ4v) is 6.80. The van der Waals surface area contributed by atoms with E-state index in [0.29, 0.717) is 17.7 Å². The third-order valence-corrected chi connectivity index (χ3v) is 8.79. The zero-order valence-electron chi connectivity index (χ0n) is 23.6. The monoisotopic (exact) mass is 616 g/mol. The standard InChI is InChI=1S/C31H32Cl2F2N4O3/c1-30(2,3)13-22-31(14-37-26-17(31)9-10-19(33)25(26)35)23(16-6-5-7-18(32)24(16)34)27(39-22)29(41)38-20-11-8-15(28(36)40)12-21(20)42-4/h5-12,22-23,27,37,39H,13-14H2,1-4H3,(H2,36,40)(H,38,41)/t22-,23-,27+,31-/m0/s1. The molecule has 4 atom stereocenters. The van der Waals surface area contributed by atoms with Crippen LogP contribution in [0.5, 0.6) is 5.75 Å². The van der Waals surface area contributed by atoms with Crippen LogP contribution >= 0.6 is 23.2 Å². The minimum Gasteiger partial charge on any atom is -0.495 e. The minimum atomic E-state index is -0.975. The molecule has 7 nitrogen and oxygen atoms in total. The van der Waals surface area contributed by atoms with E-state index in [-0.39, 0.29) is 50.6 Å². The first kappa shape index (κ1) is 30.1. The molecular weight excluding hydrogens is 585 g/mol. The van der Waals surface area contributed by atoms with Gasteiger partial charge in [-0.3, -0.25) is 9.59 Å². The van der Waals surface area contributed by atoms with Gasteiger partial charge in [0.25, 0.3) is 0 Å². The number of rotatable bonds is 6. The summed E-state index contributed by atoms with van der Waals surface area (Å²) < 4.78 is 36.7. The number of primary amides is 1. The van der Waals surface area contributed by atoms with E-state index >= 15 is 8.78 Å². The van der Waals surface area contributed by atoms with E-state index in [0.717, 1.165) is 0 Å². The highest BCUT2D eigenvalue weighted by Gasteiger charge is 2.62. The molecule has 0 aliphatic carbocycles. The summed E-state index contributed by atoms with van der Waals surface area (Å²) in [5.41, 5.74) is 5.82. The molecule has 0 aromatic heterocycles. The van der Waals surface area contributed by atoms with E-state index in [1.807, 2.05) is 0 Å². The van der Waals surface area contributed by atoms with E-state index in [1.165, 1.54) is 37.4 Å². The van der Waals surface area contributed by atoms with Crippen molar-refractivity contribution in [3.05, 3.63) is 86.9 Å². The summed E-state index contributed by atoms with van der Waals surface area (Å²) in [6.45, 7) is 6.44. The third-order valence-electron chi connectivity index (χ3n) is 8.20. The molecule has 0 saturated carbocycles. The van der Waals surface area contributed by atoms with Crippen molar-refractivity contribution in [2.75, 3.05) is 24.3 Å². The molecule has 5 N–H and O–H groups in total. The second-order valence-electron chi connectivity index (χ2n) is 12.0. The fourth-order valence-electron chi connectivity index (χ4n) is 6.46. The molecule has 2 amide bonds. The maximum absolute atomic E-state index is 15.9. The van der Waals surface area contributed by atoms with Crippen molar-refractivity contribution in [1.82, 2.24) is 5.32 Å². The molecule has 2 aliphatic heterocycles. The highest BCUT2D eigenvalue weighted by molar-refractivity contribution is 6.31. The van der Waals surface area contributed by atoms with Crippen LogP contribution in [0.2, 0.25) is 10.0 Å². The smallest absolute Gasteiger partial charge is 0.248 e. The number of carbonyl (C=O) groups excluding carboxylic acids is 2. The predicted molar refractivity (Wildman–Crippen MR) is 161 cm³/mol. The van der Waals surface area contributed by atoms with E-state index in [4.69, 9.17) is 33.7 Å². The molecule has 1 saturated heterocycles. The number of ether oxygens (including phenoxy) is 1. The maximum atomic E-state index is 15.9. The number of methoxy groups -OCH3 is 1. The Morgan fingerprint density at radius 1 is 1.10 bits per heavy atom. The van der Waals surface area contributed by atoms with Crippen LogP contribution in [-0.4, -0.2) is 37.6 Å². The Balaban J connectivity index is 1.68. The summed E-state index contributed by atoms with van der Waals surface area (Å²) in [4.78, 5) is 25.9. The highest BCUT2D eigenvalue weighted by atomic mass is 35.5. The lowest BCUT2D eigenvalue weighted by molar-refractivity contribution is -0.118. The van der Waals surface area contributed by atoms with Gasteiger partial charge in [0.05, 0.1) is 34.6 Å². The van der Waals surface area contributed by atoms with Gasteiger partial charge in [0.2, 0.25) is 11.8 Å². The van der Waals surface area contributed by atoms with Crippen LogP contribution in [0.25, 0.3) is 0 Å².